The third-order valence-corrected chi connectivity index (χ3v) is 2.75. The van der Waals surface area contributed by atoms with Gasteiger partial charge in [0, 0.05) is 0 Å². The summed E-state index contributed by atoms with van der Waals surface area (Å²) in [5, 5.41) is 0. The number of hydrogen-bond donors (Lipinski definition) is 2. The molecule has 0 aliphatic rings. The van der Waals surface area contributed by atoms with Crippen molar-refractivity contribution in [3.05, 3.63) is 18.2 Å². The summed E-state index contributed by atoms with van der Waals surface area (Å²) < 4.78 is 35.2. The molecule has 0 amide bonds. The van der Waals surface area contributed by atoms with Gasteiger partial charge in [-0.2, -0.15) is 8.42 Å². The number of hydrogen-bond acceptors (Lipinski definition) is 6. The number of esters is 1. The van der Waals surface area contributed by atoms with Gasteiger partial charge in [0.2, 0.25) is 0 Å². The second-order valence-electron chi connectivity index (χ2n) is 3.53. The largest absolute Gasteiger partial charge is 0.424 e. The number of nitrogen functional groups attached to an aromatic ring is 1. The van der Waals surface area contributed by atoms with Gasteiger partial charge in [-0.25, -0.2) is 0 Å². The number of ether oxygens (including phenoxy) is 1. The lowest BCUT2D eigenvalue weighted by Gasteiger charge is -2.07. The number of nitrogens with two attached hydrogens (primary N) is 1. The Labute approximate surface area is 103 Å². The predicted octanol–water partition coefficient (Wildman–Crippen LogP) is 0.400. The molecule has 0 bridgehead atoms. The van der Waals surface area contributed by atoms with Crippen LogP contribution >= 0.6 is 0 Å². The maximum atomic E-state index is 11.2. The predicted molar refractivity (Wildman–Crippen MR) is 61.6 cm³/mol. The van der Waals surface area contributed by atoms with E-state index in [-0.39, 0.29) is 17.2 Å². The minimum absolute atomic E-state index is 0.0753. The zero-order valence-electron chi connectivity index (χ0n) is 9.41. The molecule has 98 valence electrons. The van der Waals surface area contributed by atoms with Crippen LogP contribution in [0, 0.1) is 0 Å². The van der Waals surface area contributed by atoms with E-state index in [1.54, 1.807) is 0 Å². The molecule has 8 heteroatoms. The number of carbonyl (C=O) groups is 2. The van der Waals surface area contributed by atoms with Gasteiger partial charge in [-0.3, -0.25) is 14.1 Å². The Morgan fingerprint density at radius 1 is 1.39 bits per heavy atom. The number of benzene rings is 1. The van der Waals surface area contributed by atoms with Crippen LogP contribution in [-0.4, -0.2) is 24.7 Å². The van der Waals surface area contributed by atoms with E-state index in [0.29, 0.717) is 0 Å². The average Bonchev–Trinajstić information content (AvgIpc) is 2.18. The van der Waals surface area contributed by atoms with Crippen LogP contribution in [0.15, 0.2) is 23.1 Å². The van der Waals surface area contributed by atoms with Gasteiger partial charge in [-0.1, -0.05) is 0 Å². The van der Waals surface area contributed by atoms with E-state index in [0.717, 1.165) is 18.2 Å². The van der Waals surface area contributed by atoms with Gasteiger partial charge >= 0.3 is 5.97 Å². The number of carbonyl (C=O) groups excluding carboxylic acids is 2. The fourth-order valence-electron chi connectivity index (χ4n) is 1.14. The van der Waals surface area contributed by atoms with Crippen LogP contribution in [0.2, 0.25) is 0 Å². The van der Waals surface area contributed by atoms with Crippen molar-refractivity contribution in [2.75, 3.05) is 5.73 Å². The minimum Gasteiger partial charge on any atom is -0.424 e. The SMILES string of the molecule is CC(=O)CC(=O)Oc1ccc(S(=O)(=O)O)cc1N. The van der Waals surface area contributed by atoms with E-state index in [1.807, 2.05) is 0 Å². The Hall–Kier alpha value is -1.93. The van der Waals surface area contributed by atoms with Crippen molar-refractivity contribution in [3.8, 4) is 5.75 Å². The first kappa shape index (κ1) is 14.1. The molecule has 0 aliphatic heterocycles. The average molecular weight is 273 g/mol. The zero-order valence-corrected chi connectivity index (χ0v) is 10.2. The lowest BCUT2D eigenvalue weighted by Crippen LogP contribution is -2.13. The second kappa shape index (κ2) is 5.15. The van der Waals surface area contributed by atoms with E-state index in [1.165, 1.54) is 6.92 Å². The number of rotatable bonds is 4. The van der Waals surface area contributed by atoms with Crippen LogP contribution in [0.25, 0.3) is 0 Å². The quantitative estimate of drug-likeness (QED) is 0.267. The van der Waals surface area contributed by atoms with Gasteiger partial charge in [0.25, 0.3) is 10.1 Å². The van der Waals surface area contributed by atoms with E-state index in [9.17, 15) is 18.0 Å². The highest BCUT2D eigenvalue weighted by molar-refractivity contribution is 7.85. The van der Waals surface area contributed by atoms with Gasteiger partial charge in [0.1, 0.15) is 12.2 Å². The molecule has 0 aliphatic carbocycles. The lowest BCUT2D eigenvalue weighted by atomic mass is 10.3. The highest BCUT2D eigenvalue weighted by Crippen LogP contribution is 2.25. The molecule has 1 aromatic rings. The molecule has 0 spiro atoms. The molecule has 18 heavy (non-hydrogen) atoms. The molecule has 3 N–H and O–H groups in total. The van der Waals surface area contributed by atoms with Gasteiger partial charge in [-0.05, 0) is 25.1 Å². The smallest absolute Gasteiger partial charge is 0.318 e. The number of Topliss-reactive ketones (excluding diaryl/α,β-unsaturated/α-hetero) is 1. The second-order valence-corrected chi connectivity index (χ2v) is 4.95. The molecule has 0 saturated heterocycles. The number of anilines is 1. The molecule has 0 saturated carbocycles. The molecule has 0 atom stereocenters. The van der Waals surface area contributed by atoms with E-state index in [2.05, 4.69) is 0 Å². The molecule has 7 nitrogen and oxygen atoms in total. The van der Waals surface area contributed by atoms with Crippen molar-refractivity contribution < 1.29 is 27.3 Å². The van der Waals surface area contributed by atoms with Crippen LogP contribution in [0.5, 0.6) is 5.75 Å². The first-order chi connectivity index (χ1) is 8.20. The van der Waals surface area contributed by atoms with Gasteiger partial charge in [0.05, 0.1) is 10.6 Å². The normalized spacial score (nSPS) is 11.0. The molecular weight excluding hydrogens is 262 g/mol. The number of ketones is 1. The molecule has 0 radical (unpaired) electrons. The summed E-state index contributed by atoms with van der Waals surface area (Å²) in [4.78, 5) is 21.5. The summed E-state index contributed by atoms with van der Waals surface area (Å²) in [7, 11) is -4.36. The molecule has 1 aromatic carbocycles. The van der Waals surface area contributed by atoms with Crippen LogP contribution in [0.3, 0.4) is 0 Å². The Balaban J connectivity index is 2.94. The molecule has 0 unspecified atom stereocenters. The van der Waals surface area contributed by atoms with Crippen molar-refractivity contribution in [2.24, 2.45) is 0 Å². The van der Waals surface area contributed by atoms with Crippen molar-refractivity contribution in [1.29, 1.82) is 0 Å². The third-order valence-electron chi connectivity index (χ3n) is 1.90. The fourth-order valence-corrected chi connectivity index (χ4v) is 1.66. The summed E-state index contributed by atoms with van der Waals surface area (Å²) in [6.45, 7) is 1.23. The maximum Gasteiger partial charge on any atom is 0.318 e. The summed E-state index contributed by atoms with van der Waals surface area (Å²) in [5.74, 6) is -1.24. The van der Waals surface area contributed by atoms with E-state index >= 15 is 0 Å². The topological polar surface area (TPSA) is 124 Å². The van der Waals surface area contributed by atoms with E-state index in [4.69, 9.17) is 15.0 Å². The molecule has 0 heterocycles. The summed E-state index contributed by atoms with van der Waals surface area (Å²) in [6.07, 6.45) is -0.403. The Morgan fingerprint density at radius 3 is 2.44 bits per heavy atom. The standard InChI is InChI=1S/C10H11NO6S/c1-6(12)4-10(13)17-9-3-2-7(5-8(9)11)18(14,15)16/h2-3,5H,4,11H2,1H3,(H,14,15,16). The summed E-state index contributed by atoms with van der Waals surface area (Å²) in [6, 6.07) is 3.10. The van der Waals surface area contributed by atoms with Crippen LogP contribution in [0.1, 0.15) is 13.3 Å². The van der Waals surface area contributed by atoms with Crippen molar-refractivity contribution >= 4 is 27.6 Å². The first-order valence-electron chi connectivity index (χ1n) is 4.77. The lowest BCUT2D eigenvalue weighted by molar-refractivity contribution is -0.137. The monoisotopic (exact) mass is 273 g/mol. The van der Waals surface area contributed by atoms with Crippen LogP contribution < -0.4 is 10.5 Å². The zero-order chi connectivity index (χ0) is 13.9. The molecular formula is C10H11NO6S. The highest BCUT2D eigenvalue weighted by atomic mass is 32.2. The third kappa shape index (κ3) is 3.82. The van der Waals surface area contributed by atoms with Crippen LogP contribution in [0.4, 0.5) is 5.69 Å². The van der Waals surface area contributed by atoms with Gasteiger partial charge in [-0.15, -0.1) is 0 Å². The van der Waals surface area contributed by atoms with E-state index < -0.39 is 27.4 Å². The maximum absolute atomic E-state index is 11.2. The fraction of sp³-hybridized carbons (Fsp3) is 0.200. The highest BCUT2D eigenvalue weighted by Gasteiger charge is 2.14. The van der Waals surface area contributed by atoms with Crippen LogP contribution in [-0.2, 0) is 19.7 Å². The first-order valence-corrected chi connectivity index (χ1v) is 6.21. The van der Waals surface area contributed by atoms with Crippen molar-refractivity contribution in [1.82, 2.24) is 0 Å². The molecule has 0 fully saturated rings. The Bertz CT molecular complexity index is 592. The van der Waals surface area contributed by atoms with Gasteiger partial charge < -0.3 is 10.5 Å². The Kier molecular flexibility index (Phi) is 4.04. The van der Waals surface area contributed by atoms with Gasteiger partial charge in [0.15, 0.2) is 5.75 Å². The summed E-state index contributed by atoms with van der Waals surface area (Å²) >= 11 is 0. The van der Waals surface area contributed by atoms with Crippen molar-refractivity contribution in [2.45, 2.75) is 18.2 Å². The molecule has 1 rings (SSSR count). The van der Waals surface area contributed by atoms with Crippen molar-refractivity contribution in [3.63, 3.8) is 0 Å². The molecule has 0 aromatic heterocycles. The minimum atomic E-state index is -4.36. The Morgan fingerprint density at radius 2 is 2.00 bits per heavy atom. The summed E-state index contributed by atoms with van der Waals surface area (Å²) in [5.41, 5.74) is 5.32.